The van der Waals surface area contributed by atoms with E-state index in [4.69, 9.17) is 0 Å². The standard InChI is InChI=1S/C21H21F6N3O3/c1-11(2)15(18(31)33-3)29-19(32)30-16(12-6-8-13(9-7-12)20(22,23)24)17-14(21(25,26)27)5-4-10-28-17/h4-11,15-16H,1-3H3,(H2,29,30,32). The van der Waals surface area contributed by atoms with Crippen LogP contribution in [-0.4, -0.2) is 30.1 Å². The zero-order chi connectivity index (χ0) is 25.0. The lowest BCUT2D eigenvalue weighted by atomic mass is 9.97. The Balaban J connectivity index is 2.49. The second kappa shape index (κ2) is 10.1. The predicted molar refractivity (Wildman–Crippen MR) is 105 cm³/mol. The van der Waals surface area contributed by atoms with Gasteiger partial charge >= 0.3 is 24.4 Å². The van der Waals surface area contributed by atoms with Crippen LogP contribution in [0.2, 0.25) is 0 Å². The molecule has 1 aromatic heterocycles. The largest absolute Gasteiger partial charge is 0.467 e. The summed E-state index contributed by atoms with van der Waals surface area (Å²) in [5.41, 5.74) is -2.90. The van der Waals surface area contributed by atoms with Gasteiger partial charge in [-0.3, -0.25) is 4.98 Å². The van der Waals surface area contributed by atoms with Crippen LogP contribution in [0.3, 0.4) is 0 Å². The Kier molecular flexibility index (Phi) is 7.93. The summed E-state index contributed by atoms with van der Waals surface area (Å²) in [5, 5.41) is 4.60. The molecule has 2 N–H and O–H groups in total. The molecule has 2 amide bonds. The minimum absolute atomic E-state index is 0.0819. The van der Waals surface area contributed by atoms with E-state index in [1.54, 1.807) is 13.8 Å². The lowest BCUT2D eigenvalue weighted by Crippen LogP contribution is -2.50. The van der Waals surface area contributed by atoms with Crippen molar-refractivity contribution in [3.05, 3.63) is 65.0 Å². The molecule has 12 heteroatoms. The molecular weight excluding hydrogens is 456 g/mol. The van der Waals surface area contributed by atoms with Gasteiger partial charge in [-0.1, -0.05) is 26.0 Å². The number of rotatable bonds is 6. The molecule has 0 spiro atoms. The fourth-order valence-electron chi connectivity index (χ4n) is 3.00. The first-order valence-corrected chi connectivity index (χ1v) is 9.59. The Bertz CT molecular complexity index is 974. The molecule has 0 radical (unpaired) electrons. The molecule has 0 fully saturated rings. The SMILES string of the molecule is COC(=O)C(NC(=O)NC(c1ccc(C(F)(F)F)cc1)c1ncccc1C(F)(F)F)C(C)C. The van der Waals surface area contributed by atoms with Crippen LogP contribution in [0.4, 0.5) is 31.1 Å². The minimum Gasteiger partial charge on any atom is -0.467 e. The number of ether oxygens (including phenoxy) is 1. The summed E-state index contributed by atoms with van der Waals surface area (Å²) in [6, 6.07) is 1.32. The van der Waals surface area contributed by atoms with Crippen LogP contribution < -0.4 is 10.6 Å². The average Bonchev–Trinajstić information content (AvgIpc) is 2.74. The minimum atomic E-state index is -4.85. The van der Waals surface area contributed by atoms with Crippen molar-refractivity contribution in [2.24, 2.45) is 5.92 Å². The number of halogens is 6. The van der Waals surface area contributed by atoms with E-state index in [1.165, 1.54) is 0 Å². The second-order valence-corrected chi connectivity index (χ2v) is 7.35. The number of aromatic nitrogens is 1. The maximum absolute atomic E-state index is 13.6. The summed E-state index contributed by atoms with van der Waals surface area (Å²) >= 11 is 0. The lowest BCUT2D eigenvalue weighted by molar-refractivity contribution is -0.144. The van der Waals surface area contributed by atoms with Gasteiger partial charge in [-0.15, -0.1) is 0 Å². The van der Waals surface area contributed by atoms with E-state index in [9.17, 15) is 35.9 Å². The predicted octanol–water partition coefficient (Wildman–Crippen LogP) is 4.71. The van der Waals surface area contributed by atoms with E-state index < -0.39 is 59.2 Å². The molecule has 1 aromatic carbocycles. The molecule has 2 rings (SSSR count). The van der Waals surface area contributed by atoms with Gasteiger partial charge in [0.1, 0.15) is 6.04 Å². The van der Waals surface area contributed by atoms with Crippen LogP contribution >= 0.6 is 0 Å². The summed E-state index contributed by atoms with van der Waals surface area (Å²) in [6.07, 6.45) is -8.45. The van der Waals surface area contributed by atoms with Crippen LogP contribution in [0.1, 0.15) is 42.3 Å². The van der Waals surface area contributed by atoms with Crippen molar-refractivity contribution in [1.29, 1.82) is 0 Å². The molecule has 0 aliphatic carbocycles. The van der Waals surface area contributed by atoms with Crippen LogP contribution in [0.25, 0.3) is 0 Å². The number of methoxy groups -OCH3 is 1. The third-order valence-corrected chi connectivity index (χ3v) is 4.67. The van der Waals surface area contributed by atoms with Gasteiger partial charge in [0.2, 0.25) is 0 Å². The van der Waals surface area contributed by atoms with E-state index in [-0.39, 0.29) is 5.56 Å². The van der Waals surface area contributed by atoms with Gasteiger partial charge in [-0.05, 0) is 35.7 Å². The monoisotopic (exact) mass is 477 g/mol. The number of hydrogen-bond acceptors (Lipinski definition) is 4. The quantitative estimate of drug-likeness (QED) is 0.467. The number of urea groups is 1. The molecule has 0 aliphatic heterocycles. The number of esters is 1. The molecule has 2 aromatic rings. The number of pyridine rings is 1. The highest BCUT2D eigenvalue weighted by Gasteiger charge is 2.38. The van der Waals surface area contributed by atoms with E-state index in [1.807, 2.05) is 0 Å². The van der Waals surface area contributed by atoms with Crippen molar-refractivity contribution >= 4 is 12.0 Å². The number of carbonyl (C=O) groups is 2. The summed E-state index contributed by atoms with van der Waals surface area (Å²) in [4.78, 5) is 28.2. The van der Waals surface area contributed by atoms with Gasteiger partial charge in [0.15, 0.2) is 0 Å². The highest BCUT2D eigenvalue weighted by molar-refractivity contribution is 5.84. The molecule has 2 unspecified atom stereocenters. The van der Waals surface area contributed by atoms with E-state index >= 15 is 0 Å². The third kappa shape index (κ3) is 6.59. The Hall–Kier alpha value is -3.31. The molecule has 0 bridgehead atoms. The number of amides is 2. The van der Waals surface area contributed by atoms with E-state index in [0.717, 1.165) is 37.6 Å². The Morgan fingerprint density at radius 3 is 2.03 bits per heavy atom. The summed E-state index contributed by atoms with van der Waals surface area (Å²) < 4.78 is 84.1. The van der Waals surface area contributed by atoms with Crippen molar-refractivity contribution in [3.63, 3.8) is 0 Å². The molecular formula is C21H21F6N3O3. The molecule has 180 valence electrons. The number of nitrogens with zero attached hydrogens (tertiary/aromatic N) is 1. The van der Waals surface area contributed by atoms with Gasteiger partial charge in [0, 0.05) is 6.20 Å². The Labute approximate surface area is 185 Å². The Morgan fingerprint density at radius 2 is 1.55 bits per heavy atom. The van der Waals surface area contributed by atoms with Crippen molar-refractivity contribution in [2.75, 3.05) is 7.11 Å². The van der Waals surface area contributed by atoms with E-state index in [0.29, 0.717) is 12.1 Å². The van der Waals surface area contributed by atoms with Crippen LogP contribution in [0.15, 0.2) is 42.6 Å². The van der Waals surface area contributed by atoms with Crippen LogP contribution in [0, 0.1) is 5.92 Å². The lowest BCUT2D eigenvalue weighted by Gasteiger charge is -2.25. The fourth-order valence-corrected chi connectivity index (χ4v) is 3.00. The molecule has 0 aliphatic rings. The van der Waals surface area contributed by atoms with Gasteiger partial charge < -0.3 is 15.4 Å². The van der Waals surface area contributed by atoms with Gasteiger partial charge in [0.25, 0.3) is 0 Å². The zero-order valence-corrected chi connectivity index (χ0v) is 17.7. The molecule has 6 nitrogen and oxygen atoms in total. The number of hydrogen-bond donors (Lipinski definition) is 2. The van der Waals surface area contributed by atoms with Gasteiger partial charge in [-0.2, -0.15) is 26.3 Å². The molecule has 1 heterocycles. The van der Waals surface area contributed by atoms with Gasteiger partial charge in [0.05, 0.1) is 30.0 Å². The molecule has 0 saturated heterocycles. The second-order valence-electron chi connectivity index (χ2n) is 7.35. The number of benzene rings is 1. The molecule has 33 heavy (non-hydrogen) atoms. The summed E-state index contributed by atoms with van der Waals surface area (Å²) in [6.45, 7) is 3.21. The van der Waals surface area contributed by atoms with Crippen molar-refractivity contribution in [1.82, 2.24) is 15.6 Å². The summed E-state index contributed by atoms with van der Waals surface area (Å²) in [7, 11) is 1.10. The maximum Gasteiger partial charge on any atom is 0.418 e. The van der Waals surface area contributed by atoms with Crippen molar-refractivity contribution in [2.45, 2.75) is 38.3 Å². The van der Waals surface area contributed by atoms with Gasteiger partial charge in [-0.25, -0.2) is 9.59 Å². The maximum atomic E-state index is 13.6. The smallest absolute Gasteiger partial charge is 0.418 e. The van der Waals surface area contributed by atoms with E-state index in [2.05, 4.69) is 20.4 Å². The number of alkyl halides is 6. The number of nitrogens with one attached hydrogen (secondary N) is 2. The topological polar surface area (TPSA) is 80.3 Å². The van der Waals surface area contributed by atoms with Crippen molar-refractivity contribution < 1.29 is 40.7 Å². The van der Waals surface area contributed by atoms with Crippen molar-refractivity contribution in [3.8, 4) is 0 Å². The third-order valence-electron chi connectivity index (χ3n) is 4.67. The molecule has 0 saturated carbocycles. The first-order valence-electron chi connectivity index (χ1n) is 9.59. The first-order chi connectivity index (χ1) is 15.3. The summed E-state index contributed by atoms with van der Waals surface area (Å²) in [5.74, 6) is -1.20. The first kappa shape index (κ1) is 25.9. The molecule has 2 atom stereocenters. The Morgan fingerprint density at radius 1 is 0.939 bits per heavy atom. The highest BCUT2D eigenvalue weighted by atomic mass is 19.4. The van der Waals surface area contributed by atoms with Crippen LogP contribution in [-0.2, 0) is 21.9 Å². The normalized spacial score (nSPS) is 13.9. The number of carbonyl (C=O) groups excluding carboxylic acids is 2. The zero-order valence-electron chi connectivity index (χ0n) is 17.7. The van der Waals surface area contributed by atoms with Crippen LogP contribution in [0.5, 0.6) is 0 Å². The fraction of sp³-hybridized carbons (Fsp3) is 0.381. The average molecular weight is 477 g/mol. The highest BCUT2D eigenvalue weighted by Crippen LogP contribution is 2.36.